The van der Waals surface area contributed by atoms with Crippen molar-refractivity contribution in [2.24, 2.45) is 0 Å². The summed E-state index contributed by atoms with van der Waals surface area (Å²) < 4.78 is 20.0. The van der Waals surface area contributed by atoms with Crippen molar-refractivity contribution >= 4 is 22.2 Å². The lowest BCUT2D eigenvalue weighted by Gasteiger charge is -2.11. The van der Waals surface area contributed by atoms with Crippen LogP contribution in [0.15, 0.2) is 40.9 Å². The molecule has 0 aromatic heterocycles. The molecule has 0 aliphatic carbocycles. The summed E-state index contributed by atoms with van der Waals surface area (Å²) in [6, 6.07) is 11.3. The van der Waals surface area contributed by atoms with Gasteiger partial charge in [-0.25, -0.2) is 4.39 Å². The molecule has 5 heteroatoms. The first-order chi connectivity index (χ1) is 9.67. The van der Waals surface area contributed by atoms with Crippen molar-refractivity contribution in [2.45, 2.75) is 6.61 Å². The van der Waals surface area contributed by atoms with Crippen molar-refractivity contribution in [3.8, 4) is 11.8 Å². The Hall–Kier alpha value is -2.19. The van der Waals surface area contributed by atoms with Gasteiger partial charge < -0.3 is 4.74 Å². The normalized spacial score (nSPS) is 9.85. The molecular formula is C15H9BrFNO2. The van der Waals surface area contributed by atoms with E-state index in [-0.39, 0.29) is 17.7 Å². The van der Waals surface area contributed by atoms with Gasteiger partial charge in [-0.1, -0.05) is 18.2 Å². The number of carbonyl (C=O) groups is 1. The smallest absolute Gasteiger partial charge is 0.153 e. The molecule has 0 saturated carbocycles. The maximum absolute atomic E-state index is 13.9. The van der Waals surface area contributed by atoms with Crippen molar-refractivity contribution < 1.29 is 13.9 Å². The quantitative estimate of drug-likeness (QED) is 0.798. The van der Waals surface area contributed by atoms with Crippen LogP contribution in [0.1, 0.15) is 21.5 Å². The number of halogens is 2. The van der Waals surface area contributed by atoms with Gasteiger partial charge in [0.15, 0.2) is 6.29 Å². The highest BCUT2D eigenvalue weighted by molar-refractivity contribution is 9.10. The Morgan fingerprint density at radius 2 is 2.05 bits per heavy atom. The maximum Gasteiger partial charge on any atom is 0.153 e. The van der Waals surface area contributed by atoms with E-state index in [2.05, 4.69) is 15.9 Å². The molecule has 2 rings (SSSR count). The van der Waals surface area contributed by atoms with Crippen LogP contribution in [0.5, 0.6) is 5.75 Å². The van der Waals surface area contributed by atoms with Crippen LogP contribution in [-0.4, -0.2) is 6.29 Å². The van der Waals surface area contributed by atoms with E-state index in [4.69, 9.17) is 10.00 Å². The van der Waals surface area contributed by atoms with Gasteiger partial charge >= 0.3 is 0 Å². The third-order valence-electron chi connectivity index (χ3n) is 2.70. The van der Waals surface area contributed by atoms with Crippen molar-refractivity contribution in [1.29, 1.82) is 5.26 Å². The van der Waals surface area contributed by atoms with Crippen LogP contribution in [-0.2, 0) is 6.61 Å². The monoisotopic (exact) mass is 333 g/mol. The number of nitrogens with zero attached hydrogens (tertiary/aromatic N) is 1. The van der Waals surface area contributed by atoms with Crippen LogP contribution in [0.2, 0.25) is 0 Å². The lowest BCUT2D eigenvalue weighted by molar-refractivity contribution is 0.111. The van der Waals surface area contributed by atoms with Gasteiger partial charge in [-0.2, -0.15) is 5.26 Å². The SMILES string of the molecule is N#Cc1cccc(COc2c(Br)cccc2C=O)c1F. The molecule has 0 spiro atoms. The summed E-state index contributed by atoms with van der Waals surface area (Å²) in [4.78, 5) is 10.9. The molecule has 0 radical (unpaired) electrons. The first kappa shape index (κ1) is 14.2. The molecule has 0 aliphatic heterocycles. The molecule has 0 amide bonds. The fourth-order valence-electron chi connectivity index (χ4n) is 1.70. The van der Waals surface area contributed by atoms with E-state index in [0.717, 1.165) is 0 Å². The summed E-state index contributed by atoms with van der Waals surface area (Å²) in [5, 5.41) is 8.77. The Morgan fingerprint density at radius 1 is 1.30 bits per heavy atom. The number of rotatable bonds is 4. The minimum Gasteiger partial charge on any atom is -0.487 e. The topological polar surface area (TPSA) is 50.1 Å². The molecule has 2 aromatic rings. The van der Waals surface area contributed by atoms with E-state index in [1.807, 2.05) is 0 Å². The number of ether oxygens (including phenoxy) is 1. The Labute approximate surface area is 123 Å². The largest absolute Gasteiger partial charge is 0.487 e. The number of benzene rings is 2. The molecule has 3 nitrogen and oxygen atoms in total. The highest BCUT2D eigenvalue weighted by Crippen LogP contribution is 2.29. The van der Waals surface area contributed by atoms with Gasteiger partial charge in [0.2, 0.25) is 0 Å². The van der Waals surface area contributed by atoms with Crippen LogP contribution in [0.3, 0.4) is 0 Å². The van der Waals surface area contributed by atoms with Crippen LogP contribution in [0, 0.1) is 17.1 Å². The number of hydrogen-bond donors (Lipinski definition) is 0. The molecule has 0 saturated heterocycles. The van der Waals surface area contributed by atoms with Crippen LogP contribution in [0.4, 0.5) is 4.39 Å². The minimum absolute atomic E-state index is 0.0335. The van der Waals surface area contributed by atoms with E-state index in [1.54, 1.807) is 30.3 Å². The van der Waals surface area contributed by atoms with Gasteiger partial charge in [-0.15, -0.1) is 0 Å². The van der Waals surface area contributed by atoms with E-state index in [9.17, 15) is 9.18 Å². The third-order valence-corrected chi connectivity index (χ3v) is 3.32. The molecule has 0 atom stereocenters. The molecule has 2 aromatic carbocycles. The van der Waals surface area contributed by atoms with Gasteiger partial charge in [0.05, 0.1) is 15.6 Å². The summed E-state index contributed by atoms with van der Waals surface area (Å²) in [7, 11) is 0. The predicted molar refractivity (Wildman–Crippen MR) is 75.0 cm³/mol. The fraction of sp³-hybridized carbons (Fsp3) is 0.0667. The van der Waals surface area contributed by atoms with E-state index in [0.29, 0.717) is 22.1 Å². The van der Waals surface area contributed by atoms with Crippen LogP contribution >= 0.6 is 15.9 Å². The molecule has 0 fully saturated rings. The van der Waals surface area contributed by atoms with Crippen molar-refractivity contribution in [3.05, 3.63) is 63.4 Å². The first-order valence-electron chi connectivity index (χ1n) is 5.71. The maximum atomic E-state index is 13.9. The summed E-state index contributed by atoms with van der Waals surface area (Å²) in [5.74, 6) is -0.251. The number of carbonyl (C=O) groups excluding carboxylic acids is 1. The van der Waals surface area contributed by atoms with Gasteiger partial charge in [-0.3, -0.25) is 4.79 Å². The lowest BCUT2D eigenvalue weighted by Crippen LogP contribution is -2.02. The summed E-state index contributed by atoms with van der Waals surface area (Å²) in [6.45, 7) is -0.0647. The number of para-hydroxylation sites is 1. The van der Waals surface area contributed by atoms with Crippen LogP contribution < -0.4 is 4.74 Å². The summed E-state index contributed by atoms with van der Waals surface area (Å²) in [5.41, 5.74) is 0.599. The Bertz CT molecular complexity index is 695. The molecule has 20 heavy (non-hydrogen) atoms. The van der Waals surface area contributed by atoms with Crippen molar-refractivity contribution in [2.75, 3.05) is 0 Å². The molecule has 0 N–H and O–H groups in total. The standard InChI is InChI=1S/C15H9BrFNO2/c16-13-6-2-4-11(8-19)15(13)20-9-12-5-1-3-10(7-18)14(12)17/h1-6,8H,9H2. The molecule has 0 bridgehead atoms. The first-order valence-corrected chi connectivity index (χ1v) is 6.50. The zero-order valence-electron chi connectivity index (χ0n) is 10.3. The highest BCUT2D eigenvalue weighted by atomic mass is 79.9. The second kappa shape index (κ2) is 6.31. The third kappa shape index (κ3) is 2.86. The lowest BCUT2D eigenvalue weighted by atomic mass is 10.1. The Balaban J connectivity index is 2.26. The van der Waals surface area contributed by atoms with Gasteiger partial charge in [-0.05, 0) is 34.1 Å². The summed E-state index contributed by atoms with van der Waals surface area (Å²) in [6.07, 6.45) is 0.669. The molecule has 0 unspecified atom stereocenters. The van der Waals surface area contributed by atoms with E-state index in [1.165, 1.54) is 12.1 Å². The average Bonchev–Trinajstić information content (AvgIpc) is 2.47. The van der Waals surface area contributed by atoms with Crippen molar-refractivity contribution in [1.82, 2.24) is 0 Å². The number of hydrogen-bond acceptors (Lipinski definition) is 3. The minimum atomic E-state index is -0.602. The van der Waals surface area contributed by atoms with Crippen molar-refractivity contribution in [3.63, 3.8) is 0 Å². The van der Waals surface area contributed by atoms with Gasteiger partial charge in [0, 0.05) is 5.56 Å². The number of nitriles is 1. The predicted octanol–water partition coefficient (Wildman–Crippen LogP) is 3.85. The fourth-order valence-corrected chi connectivity index (χ4v) is 2.19. The average molecular weight is 334 g/mol. The Morgan fingerprint density at radius 3 is 2.75 bits per heavy atom. The molecule has 0 heterocycles. The number of aldehydes is 1. The molecule has 100 valence electrons. The summed E-state index contributed by atoms with van der Waals surface area (Å²) >= 11 is 3.28. The second-order valence-electron chi connectivity index (χ2n) is 3.96. The van der Waals surface area contributed by atoms with Gasteiger partial charge in [0.25, 0.3) is 0 Å². The molecular weight excluding hydrogens is 325 g/mol. The van der Waals surface area contributed by atoms with Crippen LogP contribution in [0.25, 0.3) is 0 Å². The zero-order chi connectivity index (χ0) is 14.5. The molecule has 0 aliphatic rings. The highest BCUT2D eigenvalue weighted by Gasteiger charge is 2.11. The second-order valence-corrected chi connectivity index (χ2v) is 4.81. The van der Waals surface area contributed by atoms with Gasteiger partial charge in [0.1, 0.15) is 24.2 Å². The Kier molecular flexibility index (Phi) is 4.49. The zero-order valence-corrected chi connectivity index (χ0v) is 11.9. The van der Waals surface area contributed by atoms with E-state index >= 15 is 0 Å². The van der Waals surface area contributed by atoms with E-state index < -0.39 is 5.82 Å².